The van der Waals surface area contributed by atoms with E-state index in [0.717, 1.165) is 22.6 Å². The van der Waals surface area contributed by atoms with Crippen LogP contribution in [0, 0.1) is 0 Å². The maximum absolute atomic E-state index is 5.43. The first-order valence-corrected chi connectivity index (χ1v) is 5.13. The molecule has 4 heteroatoms. The highest BCUT2D eigenvalue weighted by Crippen LogP contribution is 2.32. The molecular formula is C12H15NO3. The fraction of sp³-hybridized carbons (Fsp3) is 0.333. The molecule has 1 heterocycles. The first-order chi connectivity index (χ1) is 7.85. The molecule has 1 aliphatic rings. The van der Waals surface area contributed by atoms with Crippen LogP contribution in [-0.4, -0.2) is 20.4 Å². The molecule has 0 atom stereocenters. The van der Waals surface area contributed by atoms with E-state index < -0.39 is 0 Å². The molecule has 0 aromatic heterocycles. The number of ether oxygens (including phenoxy) is 3. The minimum Gasteiger partial charge on any atom is -0.496 e. The lowest BCUT2D eigenvalue weighted by molar-refractivity contribution is -0.0165. The summed E-state index contributed by atoms with van der Waals surface area (Å²) in [6, 6.07) is 3.88. The van der Waals surface area contributed by atoms with Gasteiger partial charge in [0.2, 0.25) is 0 Å². The molecule has 0 radical (unpaired) electrons. The van der Waals surface area contributed by atoms with Crippen LogP contribution in [0.4, 0.5) is 0 Å². The van der Waals surface area contributed by atoms with Crippen molar-refractivity contribution in [2.45, 2.75) is 6.61 Å². The van der Waals surface area contributed by atoms with Crippen LogP contribution in [-0.2, 0) is 11.3 Å². The van der Waals surface area contributed by atoms with Crippen LogP contribution in [0.1, 0.15) is 11.1 Å². The number of benzene rings is 1. The normalized spacial score (nSPS) is 14.6. The van der Waals surface area contributed by atoms with Crippen molar-refractivity contribution in [3.8, 4) is 11.5 Å². The van der Waals surface area contributed by atoms with Crippen molar-refractivity contribution in [1.82, 2.24) is 0 Å². The van der Waals surface area contributed by atoms with Gasteiger partial charge >= 0.3 is 0 Å². The van der Waals surface area contributed by atoms with Gasteiger partial charge in [-0.2, -0.15) is 0 Å². The molecule has 4 nitrogen and oxygen atoms in total. The molecule has 0 saturated carbocycles. The van der Waals surface area contributed by atoms with Gasteiger partial charge in [0.25, 0.3) is 0 Å². The highest BCUT2D eigenvalue weighted by molar-refractivity contribution is 5.61. The van der Waals surface area contributed by atoms with E-state index in [1.807, 2.05) is 24.3 Å². The van der Waals surface area contributed by atoms with Crippen molar-refractivity contribution < 1.29 is 14.2 Å². The van der Waals surface area contributed by atoms with Crippen molar-refractivity contribution in [2.24, 2.45) is 5.73 Å². The molecule has 16 heavy (non-hydrogen) atoms. The second-order valence-corrected chi connectivity index (χ2v) is 3.45. The fourth-order valence-corrected chi connectivity index (χ4v) is 1.62. The van der Waals surface area contributed by atoms with E-state index in [4.69, 9.17) is 19.9 Å². The Bertz CT molecular complexity index is 401. The largest absolute Gasteiger partial charge is 0.496 e. The van der Waals surface area contributed by atoms with Crippen LogP contribution < -0.4 is 15.2 Å². The number of rotatable bonds is 3. The van der Waals surface area contributed by atoms with Gasteiger partial charge in [-0.3, -0.25) is 0 Å². The first-order valence-electron chi connectivity index (χ1n) is 5.13. The molecule has 0 unspecified atom stereocenters. The third-order valence-electron chi connectivity index (χ3n) is 2.40. The molecule has 1 aromatic carbocycles. The predicted octanol–water partition coefficient (Wildman–Crippen LogP) is 1.53. The van der Waals surface area contributed by atoms with Crippen LogP contribution >= 0.6 is 0 Å². The molecule has 2 rings (SSSR count). The maximum Gasteiger partial charge on any atom is 0.189 e. The number of nitrogens with two attached hydrogens (primary N) is 1. The van der Waals surface area contributed by atoms with E-state index >= 15 is 0 Å². The lowest BCUT2D eigenvalue weighted by atomic mass is 10.1. The van der Waals surface area contributed by atoms with E-state index in [1.54, 1.807) is 7.11 Å². The molecule has 0 aliphatic carbocycles. The molecule has 0 fully saturated rings. The lowest BCUT2D eigenvalue weighted by Crippen LogP contribution is -2.11. The van der Waals surface area contributed by atoms with Gasteiger partial charge < -0.3 is 19.9 Å². The lowest BCUT2D eigenvalue weighted by Gasteiger charge is -2.19. The number of fused-ring (bicyclic) bond motifs is 1. The molecule has 0 bridgehead atoms. The zero-order valence-electron chi connectivity index (χ0n) is 9.23. The summed E-state index contributed by atoms with van der Waals surface area (Å²) < 4.78 is 15.9. The summed E-state index contributed by atoms with van der Waals surface area (Å²) in [5, 5.41) is 0. The predicted molar refractivity (Wildman–Crippen MR) is 61.4 cm³/mol. The van der Waals surface area contributed by atoms with Gasteiger partial charge in [-0.1, -0.05) is 12.2 Å². The fourth-order valence-electron chi connectivity index (χ4n) is 1.62. The molecular weight excluding hydrogens is 206 g/mol. The monoisotopic (exact) mass is 221 g/mol. The van der Waals surface area contributed by atoms with E-state index in [-0.39, 0.29) is 0 Å². The quantitative estimate of drug-likeness (QED) is 0.841. The SMILES string of the molecule is COc1cc2c(cc1/C=C/CN)OCOC2. The van der Waals surface area contributed by atoms with Crippen molar-refractivity contribution in [3.63, 3.8) is 0 Å². The van der Waals surface area contributed by atoms with Gasteiger partial charge in [-0.25, -0.2) is 0 Å². The summed E-state index contributed by atoms with van der Waals surface area (Å²) in [5.74, 6) is 1.65. The minimum absolute atomic E-state index is 0.305. The van der Waals surface area contributed by atoms with Crippen LogP contribution in [0.3, 0.4) is 0 Å². The topological polar surface area (TPSA) is 53.7 Å². The number of methoxy groups -OCH3 is 1. The van der Waals surface area contributed by atoms with Gasteiger partial charge in [-0.15, -0.1) is 0 Å². The van der Waals surface area contributed by atoms with E-state index in [0.29, 0.717) is 19.9 Å². The molecule has 0 spiro atoms. The summed E-state index contributed by atoms with van der Waals surface area (Å²) in [6.45, 7) is 1.37. The summed E-state index contributed by atoms with van der Waals surface area (Å²) in [5.41, 5.74) is 7.40. The molecule has 86 valence electrons. The molecule has 0 saturated heterocycles. The number of hydrogen-bond acceptors (Lipinski definition) is 4. The highest BCUT2D eigenvalue weighted by atomic mass is 16.7. The van der Waals surface area contributed by atoms with Gasteiger partial charge in [0, 0.05) is 17.7 Å². The first kappa shape index (κ1) is 11.0. The summed E-state index contributed by atoms with van der Waals surface area (Å²) >= 11 is 0. The van der Waals surface area contributed by atoms with Crippen molar-refractivity contribution in [1.29, 1.82) is 0 Å². The Hall–Kier alpha value is -1.52. The second-order valence-electron chi connectivity index (χ2n) is 3.45. The standard InChI is InChI=1S/C12H15NO3/c1-14-11-6-10-7-15-8-16-12(10)5-9(11)3-2-4-13/h2-3,5-6H,4,7-8,13H2,1H3/b3-2+. The van der Waals surface area contributed by atoms with Gasteiger partial charge in [-0.05, 0) is 12.1 Å². The average molecular weight is 221 g/mol. The Balaban J connectivity index is 2.39. The van der Waals surface area contributed by atoms with Crippen molar-refractivity contribution in [2.75, 3.05) is 20.4 Å². The van der Waals surface area contributed by atoms with Crippen LogP contribution in [0.25, 0.3) is 6.08 Å². The second kappa shape index (κ2) is 5.01. The Morgan fingerprint density at radius 1 is 1.50 bits per heavy atom. The maximum atomic E-state index is 5.43. The van der Waals surface area contributed by atoms with Crippen molar-refractivity contribution in [3.05, 3.63) is 29.3 Å². The Kier molecular flexibility index (Phi) is 3.44. The van der Waals surface area contributed by atoms with E-state index in [9.17, 15) is 0 Å². The van der Waals surface area contributed by atoms with Gasteiger partial charge in [0.05, 0.1) is 13.7 Å². The third kappa shape index (κ3) is 2.18. The van der Waals surface area contributed by atoms with Gasteiger partial charge in [0.1, 0.15) is 11.5 Å². The van der Waals surface area contributed by atoms with E-state index in [1.165, 1.54) is 0 Å². The van der Waals surface area contributed by atoms with Crippen LogP contribution in [0.2, 0.25) is 0 Å². The van der Waals surface area contributed by atoms with Crippen LogP contribution in [0.15, 0.2) is 18.2 Å². The summed E-state index contributed by atoms with van der Waals surface area (Å²) in [6.07, 6.45) is 3.81. The van der Waals surface area contributed by atoms with Gasteiger partial charge in [0.15, 0.2) is 6.79 Å². The van der Waals surface area contributed by atoms with E-state index in [2.05, 4.69) is 0 Å². The Labute approximate surface area is 94.6 Å². The molecule has 0 amide bonds. The molecule has 1 aliphatic heterocycles. The van der Waals surface area contributed by atoms with Crippen LogP contribution in [0.5, 0.6) is 11.5 Å². The highest BCUT2D eigenvalue weighted by Gasteiger charge is 2.13. The smallest absolute Gasteiger partial charge is 0.189 e. The average Bonchev–Trinajstić information content (AvgIpc) is 2.35. The molecule has 1 aromatic rings. The minimum atomic E-state index is 0.305. The Morgan fingerprint density at radius 3 is 3.12 bits per heavy atom. The zero-order chi connectivity index (χ0) is 11.4. The molecule has 2 N–H and O–H groups in total. The Morgan fingerprint density at radius 2 is 2.38 bits per heavy atom. The zero-order valence-corrected chi connectivity index (χ0v) is 9.23. The third-order valence-corrected chi connectivity index (χ3v) is 2.40. The summed E-state index contributed by atoms with van der Waals surface area (Å²) in [4.78, 5) is 0. The van der Waals surface area contributed by atoms with Crippen molar-refractivity contribution >= 4 is 6.08 Å². The summed E-state index contributed by atoms with van der Waals surface area (Å²) in [7, 11) is 1.64. The number of hydrogen-bond donors (Lipinski definition) is 1.